The molecule has 0 atom stereocenters. The SMILES string of the molecule is [2H]c1c([2H])c([2H])c(-c2c([2H])c([2H])c3c(c2[2H])c2c([2H])c([2H])c([2H])c([2H])c2n3-c2cc(-c3cccc4c3sc3ccccc34)ccc2-c2nc(-c3ccccc3)nc(-c3ccccc3)n2)c([2H])c1[2H]. The van der Waals surface area contributed by atoms with E-state index in [9.17, 15) is 6.85 Å². The number of para-hydroxylation sites is 1. The van der Waals surface area contributed by atoms with E-state index in [4.69, 9.17) is 24.5 Å². The zero-order valence-corrected chi connectivity index (χ0v) is 30.1. The van der Waals surface area contributed by atoms with Crippen LogP contribution in [0.2, 0.25) is 0 Å². The lowest BCUT2D eigenvalue weighted by Crippen LogP contribution is -2.04. The van der Waals surface area contributed by atoms with Crippen molar-refractivity contribution >= 4 is 53.3 Å². The smallest absolute Gasteiger partial charge is 0.166 e. The predicted molar refractivity (Wildman–Crippen MR) is 234 cm³/mol. The lowest BCUT2D eigenvalue weighted by molar-refractivity contribution is 1.06. The molecule has 0 aliphatic rings. The molecule has 4 nitrogen and oxygen atoms in total. The van der Waals surface area contributed by atoms with Gasteiger partial charge in [0.15, 0.2) is 17.5 Å². The maximum atomic E-state index is 9.80. The number of benzene rings is 8. The molecule has 11 aromatic rings. The fourth-order valence-electron chi connectivity index (χ4n) is 7.23. The number of fused-ring (bicyclic) bond motifs is 6. The van der Waals surface area contributed by atoms with Gasteiger partial charge >= 0.3 is 0 Å². The van der Waals surface area contributed by atoms with Crippen LogP contribution in [0.4, 0.5) is 0 Å². The van der Waals surface area contributed by atoms with Gasteiger partial charge in [-0.15, -0.1) is 11.3 Å². The Bertz CT molecular complexity index is 3860. The fourth-order valence-corrected chi connectivity index (χ4v) is 8.47. The first-order valence-corrected chi connectivity index (χ1v) is 18.6. The number of nitrogens with zero attached hydrogens (tertiary/aromatic N) is 4. The highest BCUT2D eigenvalue weighted by atomic mass is 32.1. The van der Waals surface area contributed by atoms with E-state index in [2.05, 4.69) is 18.2 Å². The molecule has 0 saturated carbocycles. The maximum Gasteiger partial charge on any atom is 0.166 e. The van der Waals surface area contributed by atoms with E-state index in [1.165, 1.54) is 4.57 Å². The summed E-state index contributed by atoms with van der Waals surface area (Å²) in [5.41, 5.74) is 2.34. The molecule has 0 aliphatic carbocycles. The Balaban J connectivity index is 1.32. The molecular formula is C51H32N4S. The molecule has 0 saturated heterocycles. The van der Waals surface area contributed by atoms with Gasteiger partial charge < -0.3 is 4.57 Å². The molecule has 3 heterocycles. The second-order valence-electron chi connectivity index (χ2n) is 13.1. The van der Waals surface area contributed by atoms with Gasteiger partial charge in [0.1, 0.15) is 0 Å². The van der Waals surface area contributed by atoms with E-state index in [0.29, 0.717) is 33.9 Å². The third-order valence-corrected chi connectivity index (χ3v) is 11.0. The van der Waals surface area contributed by atoms with Gasteiger partial charge in [-0.05, 0) is 58.6 Å². The standard InChI is InChI=1S/C51H32N4S/c1-4-15-33(16-5-1)36-28-30-45-43(31-36)39-21-10-12-25-44(39)55(45)46-32-37(38-23-14-24-41-40-22-11-13-26-47(40)56-48(38)41)27-29-42(46)51-53-49(34-17-6-2-7-18-34)52-50(54-51)35-19-8-3-9-20-35/h1-32H/i1D,4D,5D,10D,12D,15D,16D,21D,25D,28D,30D,31D. The number of rotatable bonds is 6. The van der Waals surface area contributed by atoms with Crippen molar-refractivity contribution in [3.05, 3.63) is 194 Å². The van der Waals surface area contributed by atoms with Crippen LogP contribution < -0.4 is 0 Å². The highest BCUT2D eigenvalue weighted by Gasteiger charge is 2.21. The van der Waals surface area contributed by atoms with Gasteiger partial charge in [-0.2, -0.15) is 0 Å². The maximum absolute atomic E-state index is 9.80. The Labute approximate surface area is 344 Å². The lowest BCUT2D eigenvalue weighted by atomic mass is 9.99. The average molecular weight is 745 g/mol. The van der Waals surface area contributed by atoms with Gasteiger partial charge in [-0.1, -0.05) is 158 Å². The van der Waals surface area contributed by atoms with E-state index < -0.39 is 83.6 Å². The highest BCUT2D eigenvalue weighted by molar-refractivity contribution is 7.26. The molecule has 8 aromatic carbocycles. The summed E-state index contributed by atoms with van der Waals surface area (Å²) in [7, 11) is 0. The molecule has 56 heavy (non-hydrogen) atoms. The Morgan fingerprint density at radius 3 is 1.88 bits per heavy atom. The van der Waals surface area contributed by atoms with E-state index in [-0.39, 0.29) is 33.3 Å². The molecule has 3 aromatic heterocycles. The summed E-state index contributed by atoms with van der Waals surface area (Å²) in [6.45, 7) is 0. The van der Waals surface area contributed by atoms with E-state index >= 15 is 0 Å². The summed E-state index contributed by atoms with van der Waals surface area (Å²) in [4.78, 5) is 15.0. The minimum atomic E-state index is -0.701. The van der Waals surface area contributed by atoms with Crippen molar-refractivity contribution in [2.45, 2.75) is 0 Å². The third kappa shape index (κ3) is 5.40. The van der Waals surface area contributed by atoms with Crippen molar-refractivity contribution in [2.75, 3.05) is 0 Å². The quantitative estimate of drug-likeness (QED) is 0.170. The molecule has 0 bridgehead atoms. The van der Waals surface area contributed by atoms with E-state index in [1.54, 1.807) is 11.3 Å². The largest absolute Gasteiger partial charge is 0.308 e. The second-order valence-corrected chi connectivity index (χ2v) is 14.1. The average Bonchev–Trinajstić information content (AvgIpc) is 3.94. The minimum absolute atomic E-state index is 0.121. The summed E-state index contributed by atoms with van der Waals surface area (Å²) in [6, 6.07) is 30.9. The van der Waals surface area contributed by atoms with Gasteiger partial charge in [0.2, 0.25) is 0 Å². The normalized spacial score (nSPS) is 14.6. The first-order valence-electron chi connectivity index (χ1n) is 23.8. The van der Waals surface area contributed by atoms with Crippen LogP contribution in [0.1, 0.15) is 16.4 Å². The molecule has 0 N–H and O–H groups in total. The van der Waals surface area contributed by atoms with Gasteiger partial charge in [0.25, 0.3) is 0 Å². The Kier molecular flexibility index (Phi) is 5.27. The molecule has 0 fully saturated rings. The first kappa shape index (κ1) is 22.2. The molecule has 5 heteroatoms. The number of thiophene rings is 1. The minimum Gasteiger partial charge on any atom is -0.308 e. The van der Waals surface area contributed by atoms with Crippen molar-refractivity contribution in [3.63, 3.8) is 0 Å². The van der Waals surface area contributed by atoms with Crippen LogP contribution in [-0.4, -0.2) is 19.5 Å². The molecular weight excluding hydrogens is 701 g/mol. The number of aromatic nitrogens is 4. The third-order valence-electron chi connectivity index (χ3n) is 9.80. The van der Waals surface area contributed by atoms with Gasteiger partial charge in [0, 0.05) is 47.6 Å². The first-order chi connectivity index (χ1) is 32.8. The fraction of sp³-hybridized carbons (Fsp3) is 0. The number of hydrogen-bond acceptors (Lipinski definition) is 4. The van der Waals surface area contributed by atoms with Crippen LogP contribution in [0.25, 0.3) is 104 Å². The van der Waals surface area contributed by atoms with Crippen LogP contribution in [-0.2, 0) is 0 Å². The molecule has 0 radical (unpaired) electrons. The summed E-state index contributed by atoms with van der Waals surface area (Å²) in [6.07, 6.45) is 0. The van der Waals surface area contributed by atoms with Crippen LogP contribution in [0.5, 0.6) is 0 Å². The molecule has 0 aliphatic heterocycles. The van der Waals surface area contributed by atoms with Gasteiger partial charge in [-0.3, -0.25) is 0 Å². The molecule has 262 valence electrons. The second kappa shape index (κ2) is 13.3. The Hall–Kier alpha value is -7.21. The van der Waals surface area contributed by atoms with E-state index in [0.717, 1.165) is 25.7 Å². The zero-order chi connectivity index (χ0) is 47.4. The van der Waals surface area contributed by atoms with Crippen LogP contribution in [0.15, 0.2) is 194 Å². The molecule has 0 amide bonds. The van der Waals surface area contributed by atoms with Crippen molar-refractivity contribution in [3.8, 4) is 62.1 Å². The topological polar surface area (TPSA) is 43.6 Å². The summed E-state index contributed by atoms with van der Waals surface area (Å²) >= 11 is 1.62. The molecule has 11 rings (SSSR count). The summed E-state index contributed by atoms with van der Waals surface area (Å²) in [5.74, 6) is 0.861. The van der Waals surface area contributed by atoms with Crippen molar-refractivity contribution in [1.82, 2.24) is 19.5 Å². The van der Waals surface area contributed by atoms with Crippen molar-refractivity contribution in [2.24, 2.45) is 0 Å². The van der Waals surface area contributed by atoms with Crippen LogP contribution in [0, 0.1) is 0 Å². The summed E-state index contributed by atoms with van der Waals surface area (Å²) < 4.78 is 112. The molecule has 0 unspecified atom stereocenters. The predicted octanol–water partition coefficient (Wildman–Crippen LogP) is 13.7. The van der Waals surface area contributed by atoms with Crippen LogP contribution >= 0.6 is 11.3 Å². The monoisotopic (exact) mass is 744 g/mol. The zero-order valence-electron chi connectivity index (χ0n) is 41.2. The van der Waals surface area contributed by atoms with Gasteiger partial charge in [-0.25, -0.2) is 15.0 Å². The molecule has 0 spiro atoms. The van der Waals surface area contributed by atoms with E-state index in [1.807, 2.05) is 103 Å². The number of hydrogen-bond donors (Lipinski definition) is 0. The summed E-state index contributed by atoms with van der Waals surface area (Å²) in [5, 5.41) is 1.77. The Morgan fingerprint density at radius 2 is 1.09 bits per heavy atom. The lowest BCUT2D eigenvalue weighted by Gasteiger charge is -2.17. The van der Waals surface area contributed by atoms with Crippen molar-refractivity contribution < 1.29 is 16.4 Å². The van der Waals surface area contributed by atoms with Gasteiger partial charge in [0.05, 0.1) is 33.2 Å². The Morgan fingerprint density at radius 1 is 0.429 bits per heavy atom. The van der Waals surface area contributed by atoms with Crippen molar-refractivity contribution in [1.29, 1.82) is 0 Å². The van der Waals surface area contributed by atoms with Crippen LogP contribution in [0.3, 0.4) is 0 Å². The highest BCUT2D eigenvalue weighted by Crippen LogP contribution is 2.43.